The lowest BCUT2D eigenvalue weighted by molar-refractivity contribution is 0.180. The summed E-state index contributed by atoms with van der Waals surface area (Å²) in [5, 5.41) is 3.07. The van der Waals surface area contributed by atoms with Gasteiger partial charge < -0.3 is 10.1 Å². The summed E-state index contributed by atoms with van der Waals surface area (Å²) in [6, 6.07) is 13.9. The molecule has 2 aromatic carbocycles. The Balaban J connectivity index is 1.53. The second-order valence-electron chi connectivity index (χ2n) is 9.13. The van der Waals surface area contributed by atoms with Gasteiger partial charge in [0.25, 0.3) is 0 Å². The summed E-state index contributed by atoms with van der Waals surface area (Å²) in [4.78, 5) is 17.7. The predicted molar refractivity (Wildman–Crippen MR) is 127 cm³/mol. The van der Waals surface area contributed by atoms with Crippen LogP contribution < -0.4 is 15.0 Å². The minimum atomic E-state index is -0.0703. The second kappa shape index (κ2) is 8.75. The van der Waals surface area contributed by atoms with Crippen LogP contribution in [-0.2, 0) is 5.41 Å². The lowest BCUT2D eigenvalue weighted by Gasteiger charge is -2.39. The van der Waals surface area contributed by atoms with Crippen molar-refractivity contribution in [1.29, 1.82) is 0 Å². The molecule has 5 nitrogen and oxygen atoms in total. The molecule has 5 heteroatoms. The number of likely N-dealkylation sites (tertiary alicyclic amines) is 1. The monoisotopic (exact) mass is 419 g/mol. The van der Waals surface area contributed by atoms with Gasteiger partial charge in [-0.15, -0.1) is 0 Å². The Morgan fingerprint density at radius 1 is 1.13 bits per heavy atom. The van der Waals surface area contributed by atoms with E-state index in [0.29, 0.717) is 0 Å². The van der Waals surface area contributed by atoms with Crippen LogP contribution in [0.4, 0.5) is 16.2 Å². The fraction of sp³-hybridized carbons (Fsp3) is 0.423. The van der Waals surface area contributed by atoms with Crippen molar-refractivity contribution in [3.63, 3.8) is 0 Å². The number of carbonyl (C=O) groups is 1. The van der Waals surface area contributed by atoms with E-state index in [1.54, 1.807) is 7.11 Å². The van der Waals surface area contributed by atoms with E-state index in [-0.39, 0.29) is 11.4 Å². The van der Waals surface area contributed by atoms with E-state index >= 15 is 0 Å². The Labute approximate surface area is 185 Å². The number of allylic oxidation sites excluding steroid dienone is 1. The molecule has 2 amide bonds. The largest absolute Gasteiger partial charge is 0.497 e. The standard InChI is InChI=1S/C26H33N3O2/c1-19(2)11-14-28-15-12-26(13-16-28)18-29(24-10-5-20(3)17-23(24)26)25(30)27-21-6-8-22(31-4)9-7-21/h5-11,17H,12-16,18H2,1-4H3,(H,27,30). The molecule has 0 bridgehead atoms. The summed E-state index contributed by atoms with van der Waals surface area (Å²) in [5.41, 5.74) is 5.82. The number of hydrogen-bond donors (Lipinski definition) is 1. The number of methoxy groups -OCH3 is 1. The van der Waals surface area contributed by atoms with Gasteiger partial charge in [0.15, 0.2) is 0 Å². The minimum absolute atomic E-state index is 0.0417. The first-order chi connectivity index (χ1) is 14.9. The number of amides is 2. The average Bonchev–Trinajstić information content (AvgIpc) is 3.07. The molecule has 2 aliphatic rings. The van der Waals surface area contributed by atoms with Gasteiger partial charge in [0.1, 0.15) is 5.75 Å². The fourth-order valence-corrected chi connectivity index (χ4v) is 4.73. The van der Waals surface area contributed by atoms with Crippen molar-refractivity contribution < 1.29 is 9.53 Å². The van der Waals surface area contributed by atoms with Gasteiger partial charge in [0.05, 0.1) is 7.11 Å². The Morgan fingerprint density at radius 3 is 2.48 bits per heavy atom. The first kappa shape index (κ1) is 21.4. The highest BCUT2D eigenvalue weighted by atomic mass is 16.5. The van der Waals surface area contributed by atoms with Crippen LogP contribution in [0.1, 0.15) is 37.8 Å². The number of anilines is 2. The molecule has 164 valence electrons. The van der Waals surface area contributed by atoms with Crippen molar-refractivity contribution in [2.75, 3.05) is 43.5 Å². The molecule has 2 heterocycles. The molecular weight excluding hydrogens is 386 g/mol. The van der Waals surface area contributed by atoms with Crippen LogP contribution in [0.2, 0.25) is 0 Å². The summed E-state index contributed by atoms with van der Waals surface area (Å²) in [6.07, 6.45) is 4.46. The van der Waals surface area contributed by atoms with Gasteiger partial charge >= 0.3 is 6.03 Å². The predicted octanol–water partition coefficient (Wildman–Crippen LogP) is 5.36. The highest BCUT2D eigenvalue weighted by Crippen LogP contribution is 2.47. The normalized spacial score (nSPS) is 17.4. The molecule has 1 fully saturated rings. The van der Waals surface area contributed by atoms with Crippen LogP contribution >= 0.6 is 0 Å². The van der Waals surface area contributed by atoms with Crippen LogP contribution in [0.3, 0.4) is 0 Å². The van der Waals surface area contributed by atoms with Crippen LogP contribution in [-0.4, -0.2) is 44.2 Å². The van der Waals surface area contributed by atoms with Crippen molar-refractivity contribution in [3.8, 4) is 5.75 Å². The van der Waals surface area contributed by atoms with E-state index in [1.165, 1.54) is 16.7 Å². The summed E-state index contributed by atoms with van der Waals surface area (Å²) in [5.74, 6) is 0.777. The number of aryl methyl sites for hydroxylation is 1. The number of ether oxygens (including phenoxy) is 1. The van der Waals surface area contributed by atoms with Crippen molar-refractivity contribution in [1.82, 2.24) is 4.90 Å². The molecule has 2 aromatic rings. The molecule has 0 aromatic heterocycles. The molecule has 0 saturated carbocycles. The number of carbonyl (C=O) groups excluding carboxylic acids is 1. The second-order valence-corrected chi connectivity index (χ2v) is 9.13. The number of nitrogens with one attached hydrogen (secondary N) is 1. The first-order valence-corrected chi connectivity index (χ1v) is 11.1. The van der Waals surface area contributed by atoms with Gasteiger partial charge in [-0.3, -0.25) is 9.80 Å². The van der Waals surface area contributed by atoms with E-state index in [1.807, 2.05) is 29.2 Å². The summed E-state index contributed by atoms with van der Waals surface area (Å²) in [7, 11) is 1.64. The Kier molecular flexibility index (Phi) is 6.05. The Hall–Kier alpha value is -2.79. The number of fused-ring (bicyclic) bond motifs is 2. The molecule has 0 unspecified atom stereocenters. The lowest BCUT2D eigenvalue weighted by atomic mass is 9.74. The molecule has 1 saturated heterocycles. The third kappa shape index (κ3) is 4.47. The molecule has 1 spiro atoms. The van der Waals surface area contributed by atoms with Crippen molar-refractivity contribution in [3.05, 3.63) is 65.2 Å². The van der Waals surface area contributed by atoms with Gasteiger partial charge in [-0.2, -0.15) is 0 Å². The quantitative estimate of drug-likeness (QED) is 0.679. The molecule has 1 N–H and O–H groups in total. The highest BCUT2D eigenvalue weighted by molar-refractivity contribution is 6.03. The Bertz CT molecular complexity index is 969. The number of benzene rings is 2. The van der Waals surface area contributed by atoms with E-state index < -0.39 is 0 Å². The third-order valence-electron chi connectivity index (χ3n) is 6.63. The van der Waals surface area contributed by atoms with Crippen molar-refractivity contribution >= 4 is 17.4 Å². The minimum Gasteiger partial charge on any atom is -0.497 e. The van der Waals surface area contributed by atoms with Gasteiger partial charge in [-0.05, 0) is 82.6 Å². The van der Waals surface area contributed by atoms with Gasteiger partial charge in [-0.1, -0.05) is 29.3 Å². The van der Waals surface area contributed by atoms with Crippen LogP contribution in [0, 0.1) is 6.92 Å². The Morgan fingerprint density at radius 2 is 1.84 bits per heavy atom. The zero-order valence-electron chi connectivity index (χ0n) is 19.1. The number of hydrogen-bond acceptors (Lipinski definition) is 3. The summed E-state index contributed by atoms with van der Waals surface area (Å²) >= 11 is 0. The van der Waals surface area contributed by atoms with Crippen LogP contribution in [0.15, 0.2) is 54.1 Å². The van der Waals surface area contributed by atoms with E-state index in [4.69, 9.17) is 4.74 Å². The van der Waals surface area contributed by atoms with Gasteiger partial charge in [-0.25, -0.2) is 4.79 Å². The molecule has 31 heavy (non-hydrogen) atoms. The van der Waals surface area contributed by atoms with Gasteiger partial charge in [0, 0.05) is 29.9 Å². The fourth-order valence-electron chi connectivity index (χ4n) is 4.73. The zero-order valence-corrected chi connectivity index (χ0v) is 19.1. The van der Waals surface area contributed by atoms with E-state index in [9.17, 15) is 4.79 Å². The highest BCUT2D eigenvalue weighted by Gasteiger charge is 2.46. The molecule has 2 aliphatic heterocycles. The average molecular weight is 420 g/mol. The molecule has 4 rings (SSSR count). The summed E-state index contributed by atoms with van der Waals surface area (Å²) < 4.78 is 5.22. The maximum absolute atomic E-state index is 13.3. The van der Waals surface area contributed by atoms with Crippen molar-refractivity contribution in [2.45, 2.75) is 39.0 Å². The lowest BCUT2D eigenvalue weighted by Crippen LogP contribution is -2.46. The maximum Gasteiger partial charge on any atom is 0.326 e. The number of piperidine rings is 1. The molecular formula is C26H33N3O2. The summed E-state index contributed by atoms with van der Waals surface area (Å²) in [6.45, 7) is 10.3. The van der Waals surface area contributed by atoms with Crippen LogP contribution in [0.25, 0.3) is 0 Å². The zero-order chi connectivity index (χ0) is 22.0. The topological polar surface area (TPSA) is 44.8 Å². The van der Waals surface area contributed by atoms with E-state index in [0.717, 1.165) is 56.1 Å². The molecule has 0 radical (unpaired) electrons. The van der Waals surface area contributed by atoms with Gasteiger partial charge in [0.2, 0.25) is 0 Å². The van der Waals surface area contributed by atoms with Crippen molar-refractivity contribution in [2.24, 2.45) is 0 Å². The SMILES string of the molecule is COc1ccc(NC(=O)N2CC3(CCN(CC=C(C)C)CC3)c3cc(C)ccc32)cc1. The maximum atomic E-state index is 13.3. The molecule has 0 aliphatic carbocycles. The number of nitrogens with zero attached hydrogens (tertiary/aromatic N) is 2. The third-order valence-corrected chi connectivity index (χ3v) is 6.63. The van der Waals surface area contributed by atoms with Crippen LogP contribution in [0.5, 0.6) is 5.75 Å². The number of urea groups is 1. The number of rotatable bonds is 4. The first-order valence-electron chi connectivity index (χ1n) is 11.1. The smallest absolute Gasteiger partial charge is 0.326 e. The van der Waals surface area contributed by atoms with E-state index in [2.05, 4.69) is 55.3 Å². The molecule has 0 atom stereocenters.